The van der Waals surface area contributed by atoms with Gasteiger partial charge in [-0.2, -0.15) is 0 Å². The third-order valence-electron chi connectivity index (χ3n) is 3.13. The number of hydrogen-bond acceptors (Lipinski definition) is 2. The van der Waals surface area contributed by atoms with Gasteiger partial charge in [-0.1, -0.05) is 13.3 Å². The molecule has 14 heavy (non-hydrogen) atoms. The number of carbonyl (C=O) groups excluding carboxylic acids is 1. The highest BCUT2D eigenvalue weighted by Gasteiger charge is 2.30. The summed E-state index contributed by atoms with van der Waals surface area (Å²) in [5.41, 5.74) is 0.495. The van der Waals surface area contributed by atoms with Crippen molar-refractivity contribution in [3.63, 3.8) is 0 Å². The van der Waals surface area contributed by atoms with Crippen LogP contribution >= 0.6 is 0 Å². The predicted octanol–water partition coefficient (Wildman–Crippen LogP) is 2.11. The predicted molar refractivity (Wildman–Crippen MR) is 57.6 cm³/mol. The van der Waals surface area contributed by atoms with Crippen LogP contribution in [0.5, 0.6) is 0 Å². The lowest BCUT2D eigenvalue weighted by molar-refractivity contribution is -0.121. The zero-order valence-electron chi connectivity index (χ0n) is 8.94. The second-order valence-electron chi connectivity index (χ2n) is 4.51. The normalized spacial score (nSPS) is 18.4. The van der Waals surface area contributed by atoms with Crippen LogP contribution in [0.1, 0.15) is 45.4 Å². The molecule has 0 aromatic carbocycles. The Morgan fingerprint density at radius 1 is 1.57 bits per heavy atom. The minimum atomic E-state index is 0.0800. The lowest BCUT2D eigenvalue weighted by Gasteiger charge is -2.38. The van der Waals surface area contributed by atoms with Crippen LogP contribution in [0.2, 0.25) is 0 Å². The fraction of sp³-hybridized carbons (Fsp3) is 0.818. The Hall–Kier alpha value is -0.860. The molecule has 0 atom stereocenters. The minimum Gasteiger partial charge on any atom is -0.356 e. The second kappa shape index (κ2) is 5.13. The van der Waals surface area contributed by atoms with Crippen molar-refractivity contribution < 1.29 is 4.79 Å². The van der Waals surface area contributed by atoms with Gasteiger partial charge in [-0.05, 0) is 37.3 Å². The molecule has 3 heteroatoms. The number of amides is 1. The monoisotopic (exact) mass is 196 g/mol. The number of carbonyl (C=O) groups is 1. The molecule has 0 aromatic heterocycles. The summed E-state index contributed by atoms with van der Waals surface area (Å²) in [6, 6.07) is 0. The molecule has 0 saturated heterocycles. The molecule has 1 saturated carbocycles. The molecule has 0 radical (unpaired) electrons. The second-order valence-corrected chi connectivity index (χ2v) is 4.51. The summed E-state index contributed by atoms with van der Waals surface area (Å²) in [5, 5.41) is 9.71. The molecule has 0 spiro atoms. The third-order valence-corrected chi connectivity index (χ3v) is 3.13. The van der Waals surface area contributed by atoms with E-state index in [-0.39, 0.29) is 5.91 Å². The quantitative estimate of drug-likeness (QED) is 0.628. The molecule has 0 aliphatic heterocycles. The fourth-order valence-electron chi connectivity index (χ4n) is 1.83. The third kappa shape index (κ3) is 3.48. The molecule has 1 aliphatic rings. The highest BCUT2D eigenvalue weighted by atomic mass is 16.1. The summed E-state index contributed by atoms with van der Waals surface area (Å²) in [7, 11) is 0. The van der Waals surface area contributed by atoms with Gasteiger partial charge in [-0.25, -0.2) is 0 Å². The van der Waals surface area contributed by atoms with E-state index in [0.29, 0.717) is 18.3 Å². The maximum atomic E-state index is 11.2. The molecule has 0 unspecified atom stereocenters. The van der Waals surface area contributed by atoms with Crippen LogP contribution in [0, 0.1) is 10.8 Å². The van der Waals surface area contributed by atoms with Crippen LogP contribution < -0.4 is 5.32 Å². The van der Waals surface area contributed by atoms with Crippen molar-refractivity contribution in [2.45, 2.75) is 45.4 Å². The smallest absolute Gasteiger partial charge is 0.220 e. The van der Waals surface area contributed by atoms with Gasteiger partial charge < -0.3 is 10.7 Å². The summed E-state index contributed by atoms with van der Waals surface area (Å²) >= 11 is 0. The van der Waals surface area contributed by atoms with Gasteiger partial charge in [0.15, 0.2) is 0 Å². The van der Waals surface area contributed by atoms with E-state index in [4.69, 9.17) is 5.41 Å². The molecule has 80 valence electrons. The summed E-state index contributed by atoms with van der Waals surface area (Å²) in [6.45, 7) is 3.09. The van der Waals surface area contributed by atoms with Crippen LogP contribution in [0.3, 0.4) is 0 Å². The van der Waals surface area contributed by atoms with Crippen LogP contribution in [0.25, 0.3) is 0 Å². The fourth-order valence-corrected chi connectivity index (χ4v) is 1.83. The average Bonchev–Trinajstić information content (AvgIpc) is 2.12. The van der Waals surface area contributed by atoms with Crippen LogP contribution in [0.15, 0.2) is 0 Å². The number of hydrogen-bond donors (Lipinski definition) is 2. The first-order chi connectivity index (χ1) is 6.66. The highest BCUT2D eigenvalue weighted by molar-refractivity contribution is 5.78. The number of rotatable bonds is 6. The van der Waals surface area contributed by atoms with Crippen LogP contribution in [0.4, 0.5) is 0 Å². The van der Waals surface area contributed by atoms with Gasteiger partial charge in [-0.15, -0.1) is 0 Å². The Labute approximate surface area is 85.8 Å². The molecule has 1 fully saturated rings. The number of nitrogens with one attached hydrogen (secondary N) is 2. The lowest BCUT2D eigenvalue weighted by Crippen LogP contribution is -2.32. The molecule has 1 aliphatic carbocycles. The molecule has 2 N–H and O–H groups in total. The van der Waals surface area contributed by atoms with Gasteiger partial charge in [0.05, 0.1) is 0 Å². The van der Waals surface area contributed by atoms with E-state index in [1.165, 1.54) is 25.5 Å². The van der Waals surface area contributed by atoms with Gasteiger partial charge >= 0.3 is 0 Å². The topological polar surface area (TPSA) is 53.0 Å². The zero-order chi connectivity index (χ0) is 10.4. The van der Waals surface area contributed by atoms with Crippen molar-refractivity contribution in [1.82, 2.24) is 5.32 Å². The van der Waals surface area contributed by atoms with Crippen molar-refractivity contribution in [3.8, 4) is 0 Å². The summed E-state index contributed by atoms with van der Waals surface area (Å²) in [5.74, 6) is 0.0800. The first-order valence-electron chi connectivity index (χ1n) is 5.42. The van der Waals surface area contributed by atoms with Crippen LogP contribution in [-0.4, -0.2) is 18.7 Å². The van der Waals surface area contributed by atoms with E-state index in [1.54, 1.807) is 0 Å². The first kappa shape index (κ1) is 11.2. The van der Waals surface area contributed by atoms with Gasteiger partial charge in [-0.3, -0.25) is 4.79 Å². The molecular formula is C11H20N2O. The lowest BCUT2D eigenvalue weighted by atomic mass is 9.68. The Bertz CT molecular complexity index is 209. The molecule has 1 rings (SSSR count). The Kier molecular flexibility index (Phi) is 4.11. The van der Waals surface area contributed by atoms with E-state index in [0.717, 1.165) is 13.0 Å². The van der Waals surface area contributed by atoms with Crippen molar-refractivity contribution in [3.05, 3.63) is 0 Å². The standard InChI is InChI=1S/C11H20N2O/c1-11(5-3-6-11)7-9-13-10(14)4-2-8-12/h8,12H,2-7,9H2,1H3,(H,13,14). The van der Waals surface area contributed by atoms with E-state index >= 15 is 0 Å². The maximum absolute atomic E-state index is 11.2. The van der Waals surface area contributed by atoms with Crippen molar-refractivity contribution in [1.29, 1.82) is 5.41 Å². The van der Waals surface area contributed by atoms with E-state index in [2.05, 4.69) is 12.2 Å². The van der Waals surface area contributed by atoms with Crippen molar-refractivity contribution >= 4 is 12.1 Å². The van der Waals surface area contributed by atoms with E-state index in [1.807, 2.05) is 0 Å². The average molecular weight is 196 g/mol. The van der Waals surface area contributed by atoms with E-state index in [9.17, 15) is 4.79 Å². The molecule has 0 bridgehead atoms. The summed E-state index contributed by atoms with van der Waals surface area (Å²) in [6.07, 6.45) is 7.37. The van der Waals surface area contributed by atoms with E-state index < -0.39 is 0 Å². The molecule has 3 nitrogen and oxygen atoms in total. The summed E-state index contributed by atoms with van der Waals surface area (Å²) in [4.78, 5) is 11.2. The molecular weight excluding hydrogens is 176 g/mol. The Morgan fingerprint density at radius 3 is 2.79 bits per heavy atom. The van der Waals surface area contributed by atoms with Crippen LogP contribution in [-0.2, 0) is 4.79 Å². The SMILES string of the molecule is CC1(CCNC(=O)CCC=N)CCC1. The Balaban J connectivity index is 2.02. The largest absolute Gasteiger partial charge is 0.356 e. The van der Waals surface area contributed by atoms with Gasteiger partial charge in [0, 0.05) is 13.0 Å². The minimum absolute atomic E-state index is 0.0800. The van der Waals surface area contributed by atoms with Crippen molar-refractivity contribution in [2.75, 3.05) is 6.54 Å². The highest BCUT2D eigenvalue weighted by Crippen LogP contribution is 2.42. The van der Waals surface area contributed by atoms with Crippen molar-refractivity contribution in [2.24, 2.45) is 5.41 Å². The van der Waals surface area contributed by atoms with Gasteiger partial charge in [0.25, 0.3) is 0 Å². The molecule has 0 aromatic rings. The maximum Gasteiger partial charge on any atom is 0.220 e. The van der Waals surface area contributed by atoms with Gasteiger partial charge in [0.1, 0.15) is 0 Å². The summed E-state index contributed by atoms with van der Waals surface area (Å²) < 4.78 is 0. The molecule has 0 heterocycles. The first-order valence-corrected chi connectivity index (χ1v) is 5.42. The molecule has 1 amide bonds. The van der Waals surface area contributed by atoms with Gasteiger partial charge in [0.2, 0.25) is 5.91 Å². The zero-order valence-corrected chi connectivity index (χ0v) is 8.94. The Morgan fingerprint density at radius 2 is 2.29 bits per heavy atom.